The summed E-state index contributed by atoms with van der Waals surface area (Å²) in [5.74, 6) is 0.756. The normalized spacial score (nSPS) is 13.3. The average molecular weight is 281 g/mol. The van der Waals surface area contributed by atoms with Crippen molar-refractivity contribution in [2.24, 2.45) is 5.92 Å². The van der Waals surface area contributed by atoms with Crippen LogP contribution in [0, 0.1) is 11.7 Å². The Labute approximate surface area is 122 Å². The topological polar surface area (TPSA) is 28.2 Å². The molecular formula is C16H28FN3. The summed E-state index contributed by atoms with van der Waals surface area (Å²) in [7, 11) is 1.90. The minimum atomic E-state index is -0.213. The third kappa shape index (κ3) is 5.08. The fraction of sp³-hybridized carbons (Fsp3) is 0.688. The molecule has 0 saturated carbocycles. The summed E-state index contributed by atoms with van der Waals surface area (Å²) >= 11 is 0. The van der Waals surface area contributed by atoms with Crippen LogP contribution in [0.5, 0.6) is 0 Å². The van der Waals surface area contributed by atoms with Crippen molar-refractivity contribution in [1.29, 1.82) is 0 Å². The molecule has 0 aliphatic heterocycles. The molecule has 1 rings (SSSR count). The maximum atomic E-state index is 14.5. The Bertz CT molecular complexity index is 426. The van der Waals surface area contributed by atoms with E-state index in [1.807, 2.05) is 11.9 Å². The van der Waals surface area contributed by atoms with Crippen LogP contribution in [-0.2, 0) is 6.54 Å². The first-order chi connectivity index (χ1) is 9.24. The predicted molar refractivity (Wildman–Crippen MR) is 83.5 cm³/mol. The van der Waals surface area contributed by atoms with Gasteiger partial charge in [-0.05, 0) is 32.8 Å². The van der Waals surface area contributed by atoms with Gasteiger partial charge in [-0.1, -0.05) is 20.3 Å². The summed E-state index contributed by atoms with van der Waals surface area (Å²) in [6, 6.07) is 1.74. The van der Waals surface area contributed by atoms with E-state index in [1.54, 1.807) is 12.3 Å². The largest absolute Gasteiger partial charge is 0.357 e. The Hall–Kier alpha value is -1.16. The molecule has 0 aromatic carbocycles. The van der Waals surface area contributed by atoms with Crippen molar-refractivity contribution in [3.63, 3.8) is 0 Å². The van der Waals surface area contributed by atoms with E-state index in [2.05, 4.69) is 44.9 Å². The highest BCUT2D eigenvalue weighted by Crippen LogP contribution is 2.20. The van der Waals surface area contributed by atoms with Gasteiger partial charge in [0.15, 0.2) is 11.6 Å². The Morgan fingerprint density at radius 1 is 1.40 bits per heavy atom. The summed E-state index contributed by atoms with van der Waals surface area (Å²) in [5, 5.41) is 3.31. The Kier molecular flexibility index (Phi) is 5.93. The van der Waals surface area contributed by atoms with Crippen molar-refractivity contribution in [2.75, 3.05) is 18.5 Å². The number of hydrogen-bond acceptors (Lipinski definition) is 3. The molecule has 1 N–H and O–H groups in total. The molecule has 0 aliphatic carbocycles. The lowest BCUT2D eigenvalue weighted by molar-refractivity contribution is 0.418. The summed E-state index contributed by atoms with van der Waals surface area (Å²) in [6.45, 7) is 11.9. The van der Waals surface area contributed by atoms with Crippen LogP contribution in [0.1, 0.15) is 46.6 Å². The molecule has 4 heteroatoms. The van der Waals surface area contributed by atoms with Gasteiger partial charge in [-0.2, -0.15) is 0 Å². The zero-order chi connectivity index (χ0) is 15.3. The molecule has 0 saturated heterocycles. The molecule has 1 heterocycles. The van der Waals surface area contributed by atoms with Crippen LogP contribution in [0.15, 0.2) is 12.3 Å². The first kappa shape index (κ1) is 16.9. The van der Waals surface area contributed by atoms with Crippen LogP contribution in [0.4, 0.5) is 10.2 Å². The van der Waals surface area contributed by atoms with E-state index >= 15 is 0 Å². The maximum absolute atomic E-state index is 14.5. The fourth-order valence-electron chi connectivity index (χ4n) is 1.92. The van der Waals surface area contributed by atoms with Crippen molar-refractivity contribution in [2.45, 2.75) is 53.1 Å². The highest BCUT2D eigenvalue weighted by atomic mass is 19.1. The number of rotatable bonds is 6. The number of halogens is 1. The van der Waals surface area contributed by atoms with Gasteiger partial charge in [0.05, 0.1) is 0 Å². The zero-order valence-electron chi connectivity index (χ0n) is 13.6. The monoisotopic (exact) mass is 281 g/mol. The van der Waals surface area contributed by atoms with Gasteiger partial charge in [0.25, 0.3) is 0 Å². The zero-order valence-corrected chi connectivity index (χ0v) is 13.6. The Balaban J connectivity index is 2.83. The fourth-order valence-corrected chi connectivity index (χ4v) is 1.92. The first-order valence-electron chi connectivity index (χ1n) is 7.34. The van der Waals surface area contributed by atoms with E-state index in [0.717, 1.165) is 13.0 Å². The second-order valence-corrected chi connectivity index (χ2v) is 6.61. The van der Waals surface area contributed by atoms with Crippen molar-refractivity contribution in [3.8, 4) is 0 Å². The average Bonchev–Trinajstić information content (AvgIpc) is 2.36. The van der Waals surface area contributed by atoms with E-state index in [9.17, 15) is 4.39 Å². The number of hydrogen-bond donors (Lipinski definition) is 1. The number of pyridine rings is 1. The van der Waals surface area contributed by atoms with Crippen molar-refractivity contribution < 1.29 is 4.39 Å². The quantitative estimate of drug-likeness (QED) is 0.863. The van der Waals surface area contributed by atoms with Gasteiger partial charge in [0, 0.05) is 37.4 Å². The molecule has 1 unspecified atom stereocenters. The Morgan fingerprint density at radius 3 is 2.60 bits per heavy atom. The van der Waals surface area contributed by atoms with Gasteiger partial charge in [-0.25, -0.2) is 9.37 Å². The minimum Gasteiger partial charge on any atom is -0.357 e. The molecule has 1 atom stereocenters. The van der Waals surface area contributed by atoms with Crippen LogP contribution in [-0.4, -0.2) is 24.1 Å². The molecule has 0 amide bonds. The van der Waals surface area contributed by atoms with Crippen LogP contribution in [0.25, 0.3) is 0 Å². The highest BCUT2D eigenvalue weighted by Gasteiger charge is 2.16. The standard InChI is InChI=1S/C16H28FN3/c1-7-12(2)11-20(6)15-14(17)13(8-9-18-15)10-19-16(3,4)5/h8-9,12,19H,7,10-11H2,1-6H3. The molecule has 0 spiro atoms. The maximum Gasteiger partial charge on any atom is 0.170 e. The minimum absolute atomic E-state index is 0.0293. The lowest BCUT2D eigenvalue weighted by Gasteiger charge is -2.24. The molecule has 3 nitrogen and oxygen atoms in total. The van der Waals surface area contributed by atoms with E-state index in [1.165, 1.54) is 0 Å². The van der Waals surface area contributed by atoms with E-state index in [0.29, 0.717) is 23.8 Å². The second-order valence-electron chi connectivity index (χ2n) is 6.61. The molecule has 0 radical (unpaired) electrons. The SMILES string of the molecule is CCC(C)CN(C)c1nccc(CNC(C)(C)C)c1F. The summed E-state index contributed by atoms with van der Waals surface area (Å²) in [5.41, 5.74) is 0.638. The molecule has 1 aromatic heterocycles. The molecule has 0 fully saturated rings. The molecular weight excluding hydrogens is 253 g/mol. The highest BCUT2D eigenvalue weighted by molar-refractivity contribution is 5.42. The van der Waals surface area contributed by atoms with E-state index in [-0.39, 0.29) is 11.4 Å². The number of nitrogens with zero attached hydrogens (tertiary/aromatic N) is 2. The molecule has 20 heavy (non-hydrogen) atoms. The summed E-state index contributed by atoms with van der Waals surface area (Å²) in [4.78, 5) is 6.10. The predicted octanol–water partition coefficient (Wildman–Crippen LogP) is 3.59. The molecule has 0 aliphatic rings. The summed E-state index contributed by atoms with van der Waals surface area (Å²) < 4.78 is 14.5. The number of aromatic nitrogens is 1. The summed E-state index contributed by atoms with van der Waals surface area (Å²) in [6.07, 6.45) is 2.77. The van der Waals surface area contributed by atoms with Gasteiger partial charge < -0.3 is 10.2 Å². The lowest BCUT2D eigenvalue weighted by Crippen LogP contribution is -2.35. The Morgan fingerprint density at radius 2 is 2.05 bits per heavy atom. The van der Waals surface area contributed by atoms with Crippen LogP contribution in [0.3, 0.4) is 0 Å². The number of anilines is 1. The van der Waals surface area contributed by atoms with E-state index in [4.69, 9.17) is 0 Å². The van der Waals surface area contributed by atoms with E-state index < -0.39 is 0 Å². The number of nitrogens with one attached hydrogen (secondary N) is 1. The van der Waals surface area contributed by atoms with Gasteiger partial charge in [-0.15, -0.1) is 0 Å². The van der Waals surface area contributed by atoms with Gasteiger partial charge in [-0.3, -0.25) is 0 Å². The molecule has 0 bridgehead atoms. The third-order valence-corrected chi connectivity index (χ3v) is 3.40. The lowest BCUT2D eigenvalue weighted by atomic mass is 10.1. The van der Waals surface area contributed by atoms with Crippen LogP contribution >= 0.6 is 0 Å². The van der Waals surface area contributed by atoms with Crippen LogP contribution < -0.4 is 10.2 Å². The second kappa shape index (κ2) is 7.02. The van der Waals surface area contributed by atoms with Crippen molar-refractivity contribution in [1.82, 2.24) is 10.3 Å². The van der Waals surface area contributed by atoms with Crippen molar-refractivity contribution >= 4 is 5.82 Å². The van der Waals surface area contributed by atoms with Crippen LogP contribution in [0.2, 0.25) is 0 Å². The van der Waals surface area contributed by atoms with Gasteiger partial charge >= 0.3 is 0 Å². The van der Waals surface area contributed by atoms with Gasteiger partial charge in [0.2, 0.25) is 0 Å². The van der Waals surface area contributed by atoms with Gasteiger partial charge in [0.1, 0.15) is 0 Å². The smallest absolute Gasteiger partial charge is 0.170 e. The molecule has 1 aromatic rings. The first-order valence-corrected chi connectivity index (χ1v) is 7.34. The third-order valence-electron chi connectivity index (χ3n) is 3.40. The molecule has 114 valence electrons. The van der Waals surface area contributed by atoms with Crippen molar-refractivity contribution in [3.05, 3.63) is 23.6 Å².